The number of hydrogen-bond acceptors (Lipinski definition) is 2. The first-order valence-electron chi connectivity index (χ1n) is 7.11. The van der Waals surface area contributed by atoms with Gasteiger partial charge in [-0.1, -0.05) is 13.0 Å². The fourth-order valence-corrected chi connectivity index (χ4v) is 2.59. The van der Waals surface area contributed by atoms with E-state index in [2.05, 4.69) is 5.32 Å². The Balaban J connectivity index is 2.04. The fraction of sp³-hybridized carbons (Fsp3) is 0.533. The molecule has 1 heterocycles. The summed E-state index contributed by atoms with van der Waals surface area (Å²) in [6, 6.07) is 5.02. The zero-order valence-electron chi connectivity index (χ0n) is 11.9. The first-order valence-corrected chi connectivity index (χ1v) is 7.11. The Morgan fingerprint density at radius 3 is 2.57 bits per heavy atom. The monoisotopic (exact) mass is 300 g/mol. The molecule has 1 saturated heterocycles. The molecule has 1 aliphatic rings. The van der Waals surface area contributed by atoms with Crippen LogP contribution in [0.1, 0.15) is 35.7 Å². The van der Waals surface area contributed by atoms with Crippen molar-refractivity contribution in [1.82, 2.24) is 10.2 Å². The highest BCUT2D eigenvalue weighted by Gasteiger charge is 2.31. The smallest absolute Gasteiger partial charge is 0.339 e. The molecule has 1 aromatic carbocycles. The van der Waals surface area contributed by atoms with E-state index in [9.17, 15) is 18.0 Å². The van der Waals surface area contributed by atoms with Crippen molar-refractivity contribution in [2.24, 2.45) is 0 Å². The number of piperidine rings is 1. The van der Waals surface area contributed by atoms with Crippen molar-refractivity contribution >= 4 is 5.91 Å². The predicted octanol–water partition coefficient (Wildman–Crippen LogP) is 2.92. The molecule has 1 aromatic rings. The van der Waals surface area contributed by atoms with Crippen LogP contribution in [0.15, 0.2) is 24.3 Å². The molecule has 0 unspecified atom stereocenters. The number of nitrogens with one attached hydrogen (secondary N) is 1. The van der Waals surface area contributed by atoms with Crippen molar-refractivity contribution in [2.75, 3.05) is 19.6 Å². The number of likely N-dealkylation sites (tertiary alicyclic amines) is 1. The second kappa shape index (κ2) is 6.47. The van der Waals surface area contributed by atoms with Crippen molar-refractivity contribution in [1.29, 1.82) is 0 Å². The average Bonchev–Trinajstić information content (AvgIpc) is 2.47. The Kier molecular flexibility index (Phi) is 4.88. The normalized spacial score (nSPS) is 17.0. The highest BCUT2D eigenvalue weighted by molar-refractivity contribution is 5.94. The molecule has 0 aromatic heterocycles. The number of halogens is 3. The summed E-state index contributed by atoms with van der Waals surface area (Å²) < 4.78 is 38.0. The minimum atomic E-state index is -4.42. The SMILES string of the molecule is CCNC1CCN(C(=O)c2cccc(C(F)(F)F)c2)CC1. The lowest BCUT2D eigenvalue weighted by atomic mass is 10.0. The van der Waals surface area contributed by atoms with Gasteiger partial charge in [0.15, 0.2) is 0 Å². The highest BCUT2D eigenvalue weighted by Crippen LogP contribution is 2.30. The van der Waals surface area contributed by atoms with Gasteiger partial charge >= 0.3 is 6.18 Å². The van der Waals surface area contributed by atoms with Gasteiger partial charge < -0.3 is 10.2 Å². The number of carbonyl (C=O) groups is 1. The summed E-state index contributed by atoms with van der Waals surface area (Å²) in [4.78, 5) is 13.9. The lowest BCUT2D eigenvalue weighted by Crippen LogP contribution is -2.44. The molecule has 2 rings (SSSR count). The van der Waals surface area contributed by atoms with E-state index in [0.29, 0.717) is 19.1 Å². The van der Waals surface area contributed by atoms with Crippen LogP contribution in [0.5, 0.6) is 0 Å². The van der Waals surface area contributed by atoms with E-state index in [1.165, 1.54) is 12.1 Å². The van der Waals surface area contributed by atoms with Gasteiger partial charge in [-0.05, 0) is 37.6 Å². The van der Waals surface area contributed by atoms with E-state index in [1.54, 1.807) is 4.90 Å². The molecule has 1 N–H and O–H groups in total. The van der Waals surface area contributed by atoms with E-state index in [4.69, 9.17) is 0 Å². The van der Waals surface area contributed by atoms with Gasteiger partial charge in [0.1, 0.15) is 0 Å². The number of benzene rings is 1. The number of amides is 1. The maximum absolute atomic E-state index is 12.7. The van der Waals surface area contributed by atoms with Crippen LogP contribution in [0.3, 0.4) is 0 Å². The first-order chi connectivity index (χ1) is 9.91. The summed E-state index contributed by atoms with van der Waals surface area (Å²) in [7, 11) is 0. The second-order valence-electron chi connectivity index (χ2n) is 5.20. The molecule has 6 heteroatoms. The summed E-state index contributed by atoms with van der Waals surface area (Å²) in [5.41, 5.74) is -0.678. The van der Waals surface area contributed by atoms with E-state index >= 15 is 0 Å². The van der Waals surface area contributed by atoms with Gasteiger partial charge in [0.25, 0.3) is 5.91 Å². The van der Waals surface area contributed by atoms with Crippen LogP contribution >= 0.6 is 0 Å². The third-order valence-electron chi connectivity index (χ3n) is 3.71. The third-order valence-corrected chi connectivity index (χ3v) is 3.71. The lowest BCUT2D eigenvalue weighted by molar-refractivity contribution is -0.137. The number of rotatable bonds is 3. The number of hydrogen-bond donors (Lipinski definition) is 1. The summed E-state index contributed by atoms with van der Waals surface area (Å²) in [5.74, 6) is -0.323. The zero-order chi connectivity index (χ0) is 15.5. The Morgan fingerprint density at radius 1 is 1.33 bits per heavy atom. The molecule has 1 fully saturated rings. The largest absolute Gasteiger partial charge is 0.416 e. The molecule has 1 amide bonds. The van der Waals surface area contributed by atoms with Crippen LogP contribution in [-0.4, -0.2) is 36.5 Å². The van der Waals surface area contributed by atoms with Gasteiger partial charge in [0.05, 0.1) is 5.56 Å². The molecule has 1 aliphatic heterocycles. The van der Waals surface area contributed by atoms with Gasteiger partial charge in [0.2, 0.25) is 0 Å². The Morgan fingerprint density at radius 2 is 2.00 bits per heavy atom. The molecular formula is C15H19F3N2O. The minimum Gasteiger partial charge on any atom is -0.339 e. The number of alkyl halides is 3. The van der Waals surface area contributed by atoms with Gasteiger partial charge in [-0.2, -0.15) is 13.2 Å². The molecule has 0 saturated carbocycles. The van der Waals surface area contributed by atoms with Crippen LogP contribution in [0, 0.1) is 0 Å². The summed E-state index contributed by atoms with van der Waals surface area (Å²) in [5, 5.41) is 3.33. The summed E-state index contributed by atoms with van der Waals surface area (Å²) >= 11 is 0. The van der Waals surface area contributed by atoms with Gasteiger partial charge in [-0.25, -0.2) is 0 Å². The Labute approximate surface area is 122 Å². The van der Waals surface area contributed by atoms with E-state index in [-0.39, 0.29) is 11.5 Å². The Hall–Kier alpha value is -1.56. The number of carbonyl (C=O) groups excluding carboxylic acids is 1. The van der Waals surface area contributed by atoms with Crippen molar-refractivity contribution in [3.8, 4) is 0 Å². The molecule has 0 radical (unpaired) electrons. The van der Waals surface area contributed by atoms with Crippen molar-refractivity contribution < 1.29 is 18.0 Å². The predicted molar refractivity (Wildman–Crippen MR) is 74.0 cm³/mol. The topological polar surface area (TPSA) is 32.3 Å². The minimum absolute atomic E-state index is 0.103. The molecule has 0 bridgehead atoms. The maximum Gasteiger partial charge on any atom is 0.416 e. The standard InChI is InChI=1S/C15H19F3N2O/c1-2-19-13-6-8-20(9-7-13)14(21)11-4-3-5-12(10-11)15(16,17)18/h3-5,10,13,19H,2,6-9H2,1H3. The Bertz CT molecular complexity index is 494. The summed E-state index contributed by atoms with van der Waals surface area (Å²) in [6.45, 7) is 4.06. The molecule has 116 valence electrons. The first kappa shape index (κ1) is 15.8. The van der Waals surface area contributed by atoms with Crippen molar-refractivity contribution in [3.05, 3.63) is 35.4 Å². The molecule has 3 nitrogen and oxygen atoms in total. The van der Waals surface area contributed by atoms with E-state index < -0.39 is 11.7 Å². The molecular weight excluding hydrogens is 281 g/mol. The van der Waals surface area contributed by atoms with Gasteiger partial charge in [0, 0.05) is 24.7 Å². The maximum atomic E-state index is 12.7. The van der Waals surface area contributed by atoms with E-state index in [1.807, 2.05) is 6.92 Å². The van der Waals surface area contributed by atoms with Crippen molar-refractivity contribution in [2.45, 2.75) is 32.0 Å². The van der Waals surface area contributed by atoms with Crippen molar-refractivity contribution in [3.63, 3.8) is 0 Å². The fourth-order valence-electron chi connectivity index (χ4n) is 2.59. The van der Waals surface area contributed by atoms with Crippen LogP contribution in [0.25, 0.3) is 0 Å². The zero-order valence-corrected chi connectivity index (χ0v) is 11.9. The van der Waals surface area contributed by atoms with Crippen LogP contribution in [0.2, 0.25) is 0 Å². The van der Waals surface area contributed by atoms with Gasteiger partial charge in [-0.3, -0.25) is 4.79 Å². The van der Waals surface area contributed by atoms with Crippen LogP contribution < -0.4 is 5.32 Å². The lowest BCUT2D eigenvalue weighted by Gasteiger charge is -2.32. The number of nitrogens with zero attached hydrogens (tertiary/aromatic N) is 1. The summed E-state index contributed by atoms with van der Waals surface area (Å²) in [6.07, 6.45) is -2.76. The third kappa shape index (κ3) is 3.97. The van der Waals surface area contributed by atoms with Crippen LogP contribution in [-0.2, 0) is 6.18 Å². The average molecular weight is 300 g/mol. The highest BCUT2D eigenvalue weighted by atomic mass is 19.4. The molecule has 0 atom stereocenters. The molecule has 0 aliphatic carbocycles. The van der Waals surface area contributed by atoms with Gasteiger partial charge in [-0.15, -0.1) is 0 Å². The van der Waals surface area contributed by atoms with Crippen LogP contribution in [0.4, 0.5) is 13.2 Å². The molecule has 21 heavy (non-hydrogen) atoms. The quantitative estimate of drug-likeness (QED) is 0.931. The van der Waals surface area contributed by atoms with E-state index in [0.717, 1.165) is 31.5 Å². The molecule has 0 spiro atoms. The second-order valence-corrected chi connectivity index (χ2v) is 5.20.